The van der Waals surface area contributed by atoms with E-state index < -0.39 is 27.2 Å². The molecule has 3 nitrogen and oxygen atoms in total. The Morgan fingerprint density at radius 1 is 1.15 bits per heavy atom. The molecule has 0 radical (unpaired) electrons. The SMILES string of the molecule is Nc1ccc(S(=O)(=O)Cc2cccc(F)c2F)cc1Cl. The van der Waals surface area contributed by atoms with Gasteiger partial charge in [-0.3, -0.25) is 0 Å². The highest BCUT2D eigenvalue weighted by Gasteiger charge is 2.19. The lowest BCUT2D eigenvalue weighted by atomic mass is 10.2. The molecule has 0 saturated carbocycles. The molecule has 2 N–H and O–H groups in total. The van der Waals surface area contributed by atoms with Gasteiger partial charge in [-0.2, -0.15) is 0 Å². The Morgan fingerprint density at radius 2 is 1.85 bits per heavy atom. The van der Waals surface area contributed by atoms with Gasteiger partial charge < -0.3 is 5.73 Å². The Kier molecular flexibility index (Phi) is 3.96. The number of rotatable bonds is 3. The molecule has 7 heteroatoms. The third kappa shape index (κ3) is 2.91. The number of hydrogen-bond acceptors (Lipinski definition) is 3. The maximum absolute atomic E-state index is 13.5. The molecule has 2 aromatic rings. The fourth-order valence-electron chi connectivity index (χ4n) is 1.65. The summed E-state index contributed by atoms with van der Waals surface area (Å²) in [7, 11) is -3.84. The van der Waals surface area contributed by atoms with Gasteiger partial charge in [-0.25, -0.2) is 17.2 Å². The van der Waals surface area contributed by atoms with Gasteiger partial charge in [0.2, 0.25) is 0 Å². The summed E-state index contributed by atoms with van der Waals surface area (Å²) in [6.07, 6.45) is 0. The first-order valence-corrected chi connectivity index (χ1v) is 7.55. The zero-order chi connectivity index (χ0) is 14.9. The summed E-state index contributed by atoms with van der Waals surface area (Å²) in [5.74, 6) is -2.91. The zero-order valence-corrected chi connectivity index (χ0v) is 11.7. The van der Waals surface area contributed by atoms with E-state index in [0.717, 1.165) is 6.07 Å². The van der Waals surface area contributed by atoms with Crippen LogP contribution in [0.15, 0.2) is 41.3 Å². The van der Waals surface area contributed by atoms with Crippen molar-refractivity contribution < 1.29 is 17.2 Å². The number of benzene rings is 2. The second-order valence-electron chi connectivity index (χ2n) is 4.16. The number of hydrogen-bond donors (Lipinski definition) is 1. The molecule has 0 atom stereocenters. The number of nitrogen functional groups attached to an aromatic ring is 1. The minimum absolute atomic E-state index is 0.0887. The van der Waals surface area contributed by atoms with E-state index in [0.29, 0.717) is 0 Å². The van der Waals surface area contributed by atoms with E-state index in [2.05, 4.69) is 0 Å². The van der Waals surface area contributed by atoms with Crippen LogP contribution >= 0.6 is 11.6 Å². The molecule has 0 fully saturated rings. The van der Waals surface area contributed by atoms with Gasteiger partial charge in [-0.15, -0.1) is 0 Å². The van der Waals surface area contributed by atoms with E-state index in [1.165, 1.54) is 30.3 Å². The lowest BCUT2D eigenvalue weighted by Gasteiger charge is -2.07. The molecule has 106 valence electrons. The van der Waals surface area contributed by atoms with Crippen molar-refractivity contribution in [3.05, 3.63) is 58.6 Å². The molecule has 0 spiro atoms. The fraction of sp³-hybridized carbons (Fsp3) is 0.0769. The molecule has 2 aromatic carbocycles. The minimum atomic E-state index is -3.84. The van der Waals surface area contributed by atoms with Crippen LogP contribution in [0.1, 0.15) is 5.56 Å². The Morgan fingerprint density at radius 3 is 2.50 bits per heavy atom. The summed E-state index contributed by atoms with van der Waals surface area (Å²) in [5, 5.41) is 0.0887. The van der Waals surface area contributed by atoms with Gasteiger partial charge in [-0.1, -0.05) is 23.7 Å². The molecule has 20 heavy (non-hydrogen) atoms. The molecular formula is C13H10ClF2NO2S. The lowest BCUT2D eigenvalue weighted by Crippen LogP contribution is -2.07. The van der Waals surface area contributed by atoms with Gasteiger partial charge in [-0.05, 0) is 24.3 Å². The maximum atomic E-state index is 13.5. The van der Waals surface area contributed by atoms with Gasteiger partial charge in [0.05, 0.1) is 21.4 Å². The summed E-state index contributed by atoms with van der Waals surface area (Å²) < 4.78 is 50.9. The molecule has 2 rings (SSSR count). The van der Waals surface area contributed by atoms with Crippen LogP contribution < -0.4 is 5.73 Å². The van der Waals surface area contributed by atoms with Crippen molar-refractivity contribution in [3.8, 4) is 0 Å². The van der Waals surface area contributed by atoms with E-state index in [9.17, 15) is 17.2 Å². The van der Waals surface area contributed by atoms with Crippen LogP contribution in [0, 0.1) is 11.6 Å². The van der Waals surface area contributed by atoms with Crippen LogP contribution in [0.3, 0.4) is 0 Å². The van der Waals surface area contributed by atoms with Crippen molar-refractivity contribution in [2.75, 3.05) is 5.73 Å². The third-order valence-electron chi connectivity index (χ3n) is 2.71. The predicted molar refractivity (Wildman–Crippen MR) is 73.1 cm³/mol. The maximum Gasteiger partial charge on any atom is 0.182 e. The zero-order valence-electron chi connectivity index (χ0n) is 10.1. The predicted octanol–water partition coefficient (Wildman–Crippen LogP) is 3.17. The summed E-state index contributed by atoms with van der Waals surface area (Å²) in [4.78, 5) is -0.0969. The van der Waals surface area contributed by atoms with E-state index in [1.54, 1.807) is 0 Å². The van der Waals surface area contributed by atoms with E-state index in [1.807, 2.05) is 0 Å². The summed E-state index contributed by atoms with van der Waals surface area (Å²) >= 11 is 5.76. The topological polar surface area (TPSA) is 60.2 Å². The van der Waals surface area contributed by atoms with E-state index >= 15 is 0 Å². The van der Waals surface area contributed by atoms with Gasteiger partial charge in [0.1, 0.15) is 0 Å². The molecule has 0 aromatic heterocycles. The number of halogens is 3. The molecule has 0 unspecified atom stereocenters. The largest absolute Gasteiger partial charge is 0.398 e. The average molecular weight is 318 g/mol. The minimum Gasteiger partial charge on any atom is -0.398 e. The highest BCUT2D eigenvalue weighted by Crippen LogP contribution is 2.25. The number of nitrogens with two attached hydrogens (primary N) is 1. The second kappa shape index (κ2) is 5.38. The average Bonchev–Trinajstić information content (AvgIpc) is 2.38. The first kappa shape index (κ1) is 14.7. The fourth-order valence-corrected chi connectivity index (χ4v) is 3.27. The molecule has 0 amide bonds. The summed E-state index contributed by atoms with van der Waals surface area (Å²) in [6, 6.07) is 7.19. The van der Waals surface area contributed by atoms with E-state index in [4.69, 9.17) is 17.3 Å². The van der Waals surface area contributed by atoms with Crippen LogP contribution in [0.5, 0.6) is 0 Å². The van der Waals surface area contributed by atoms with Gasteiger partial charge in [0.25, 0.3) is 0 Å². The van der Waals surface area contributed by atoms with Crippen LogP contribution in [-0.2, 0) is 15.6 Å². The molecule has 0 aliphatic heterocycles. The highest BCUT2D eigenvalue weighted by molar-refractivity contribution is 7.90. The van der Waals surface area contributed by atoms with Crippen molar-refractivity contribution in [3.63, 3.8) is 0 Å². The lowest BCUT2D eigenvalue weighted by molar-refractivity contribution is 0.501. The Bertz CT molecular complexity index is 763. The van der Waals surface area contributed by atoms with Crippen LogP contribution in [-0.4, -0.2) is 8.42 Å². The molecule has 0 aliphatic carbocycles. The standard InChI is InChI=1S/C13H10ClF2NO2S/c14-10-6-9(4-5-12(10)17)20(18,19)7-8-2-1-3-11(15)13(8)16/h1-6H,7,17H2. The normalized spacial score (nSPS) is 11.6. The van der Waals surface area contributed by atoms with Crippen molar-refractivity contribution >= 4 is 27.1 Å². The van der Waals surface area contributed by atoms with Crippen molar-refractivity contribution in [1.82, 2.24) is 0 Å². The molecular weight excluding hydrogens is 308 g/mol. The smallest absolute Gasteiger partial charge is 0.182 e. The molecule has 0 aliphatic rings. The van der Waals surface area contributed by atoms with Gasteiger partial charge in [0, 0.05) is 5.56 Å². The van der Waals surface area contributed by atoms with Crippen molar-refractivity contribution in [2.45, 2.75) is 10.6 Å². The Labute approximate surface area is 119 Å². The summed E-state index contributed by atoms with van der Waals surface area (Å²) in [6.45, 7) is 0. The van der Waals surface area contributed by atoms with Crippen molar-refractivity contribution in [1.29, 1.82) is 0 Å². The quantitative estimate of drug-likeness (QED) is 0.884. The number of anilines is 1. The number of sulfone groups is 1. The second-order valence-corrected chi connectivity index (χ2v) is 6.55. The molecule has 0 heterocycles. The van der Waals surface area contributed by atoms with Crippen LogP contribution in [0.25, 0.3) is 0 Å². The van der Waals surface area contributed by atoms with Crippen LogP contribution in [0.2, 0.25) is 5.02 Å². The molecule has 0 bridgehead atoms. The Hall–Kier alpha value is -1.66. The third-order valence-corrected chi connectivity index (χ3v) is 4.70. The Balaban J connectivity index is 2.41. The van der Waals surface area contributed by atoms with Crippen LogP contribution in [0.4, 0.5) is 14.5 Å². The summed E-state index contributed by atoms with van der Waals surface area (Å²) in [5.41, 5.74) is 5.49. The van der Waals surface area contributed by atoms with Crippen molar-refractivity contribution in [2.24, 2.45) is 0 Å². The van der Waals surface area contributed by atoms with Gasteiger partial charge in [0.15, 0.2) is 21.5 Å². The monoisotopic (exact) mass is 317 g/mol. The van der Waals surface area contributed by atoms with Gasteiger partial charge >= 0.3 is 0 Å². The molecule has 0 saturated heterocycles. The highest BCUT2D eigenvalue weighted by atomic mass is 35.5. The first-order chi connectivity index (χ1) is 9.31. The van der Waals surface area contributed by atoms with E-state index in [-0.39, 0.29) is 21.2 Å². The first-order valence-electron chi connectivity index (χ1n) is 5.52.